The summed E-state index contributed by atoms with van der Waals surface area (Å²) in [4.78, 5) is 11.7. The van der Waals surface area contributed by atoms with Crippen LogP contribution in [0.3, 0.4) is 0 Å². The zero-order valence-corrected chi connectivity index (χ0v) is 10.3. The van der Waals surface area contributed by atoms with Gasteiger partial charge in [0.05, 0.1) is 5.52 Å². The fraction of sp³-hybridized carbons (Fsp3) is 0.250. The van der Waals surface area contributed by atoms with E-state index in [1.165, 1.54) is 0 Å². The Morgan fingerprint density at radius 2 is 2.06 bits per heavy atom. The van der Waals surface area contributed by atoms with E-state index >= 15 is 0 Å². The van der Waals surface area contributed by atoms with E-state index in [2.05, 4.69) is 0 Å². The fourth-order valence-corrected chi connectivity index (χ4v) is 2.18. The lowest BCUT2D eigenvalue weighted by atomic mass is 10.1. The molecule has 1 aromatic carbocycles. The molecular weight excluding hydrogens is 245 g/mol. The monoisotopic (exact) mass is 255 g/mol. The summed E-state index contributed by atoms with van der Waals surface area (Å²) in [5.74, 6) is 0.495. The average Bonchev–Trinajstić information content (AvgIpc) is 2.26. The van der Waals surface area contributed by atoms with E-state index in [4.69, 9.17) is 23.2 Å². The third-order valence-corrected chi connectivity index (χ3v) is 3.08. The number of aryl methyl sites for hydroxylation is 2. The minimum atomic E-state index is -0.0186. The first-order valence-corrected chi connectivity index (χ1v) is 5.89. The minimum absolute atomic E-state index is 0.0186. The first-order valence-electron chi connectivity index (χ1n) is 4.97. The SMILES string of the molecule is Cn1c(=O)cc(CCCl)c2cc(Cl)ccc21. The first kappa shape index (κ1) is 11.5. The number of fused-ring (bicyclic) bond motifs is 1. The van der Waals surface area contributed by atoms with Crippen LogP contribution in [0.2, 0.25) is 5.02 Å². The van der Waals surface area contributed by atoms with Crippen molar-refractivity contribution in [2.75, 3.05) is 5.88 Å². The van der Waals surface area contributed by atoms with Gasteiger partial charge in [-0.2, -0.15) is 0 Å². The maximum atomic E-state index is 11.7. The lowest BCUT2D eigenvalue weighted by molar-refractivity contribution is 0.898. The highest BCUT2D eigenvalue weighted by atomic mass is 35.5. The Hall–Kier alpha value is -0.990. The molecule has 0 radical (unpaired) electrons. The van der Waals surface area contributed by atoms with E-state index in [0.29, 0.717) is 17.3 Å². The van der Waals surface area contributed by atoms with Crippen molar-refractivity contribution in [2.45, 2.75) is 6.42 Å². The number of pyridine rings is 1. The standard InChI is InChI=1S/C12H11Cl2NO/c1-15-11-3-2-9(14)7-10(11)8(4-5-13)6-12(15)16/h2-3,6-7H,4-5H2,1H3. The minimum Gasteiger partial charge on any atom is -0.311 e. The molecule has 0 aliphatic heterocycles. The summed E-state index contributed by atoms with van der Waals surface area (Å²) >= 11 is 11.7. The Morgan fingerprint density at radius 1 is 1.31 bits per heavy atom. The zero-order chi connectivity index (χ0) is 11.7. The Bertz CT molecular complexity index is 589. The van der Waals surface area contributed by atoms with Gasteiger partial charge in [0, 0.05) is 29.4 Å². The van der Waals surface area contributed by atoms with Crippen molar-refractivity contribution < 1.29 is 0 Å². The molecule has 0 fully saturated rings. The number of nitrogens with zero attached hydrogens (tertiary/aromatic N) is 1. The molecule has 2 nitrogen and oxygen atoms in total. The van der Waals surface area contributed by atoms with Crippen LogP contribution < -0.4 is 5.56 Å². The van der Waals surface area contributed by atoms with E-state index in [0.717, 1.165) is 16.5 Å². The van der Waals surface area contributed by atoms with Gasteiger partial charge in [-0.25, -0.2) is 0 Å². The predicted octanol–water partition coefficient (Wildman–Crippen LogP) is 2.97. The Labute approximate surface area is 103 Å². The van der Waals surface area contributed by atoms with Crippen LogP contribution >= 0.6 is 23.2 Å². The molecule has 0 atom stereocenters. The molecule has 84 valence electrons. The molecular formula is C12H11Cl2NO. The Kier molecular flexibility index (Phi) is 3.22. The van der Waals surface area contributed by atoms with E-state index in [1.807, 2.05) is 12.1 Å². The van der Waals surface area contributed by atoms with Gasteiger partial charge in [0.25, 0.3) is 5.56 Å². The normalized spacial score (nSPS) is 10.9. The van der Waals surface area contributed by atoms with Crippen LogP contribution in [0.5, 0.6) is 0 Å². The van der Waals surface area contributed by atoms with Crippen molar-refractivity contribution in [2.24, 2.45) is 7.05 Å². The van der Waals surface area contributed by atoms with E-state index in [1.54, 1.807) is 23.7 Å². The van der Waals surface area contributed by atoms with Crippen molar-refractivity contribution in [1.82, 2.24) is 4.57 Å². The van der Waals surface area contributed by atoms with Crippen LogP contribution in [0.15, 0.2) is 29.1 Å². The van der Waals surface area contributed by atoms with Crippen LogP contribution in [0.4, 0.5) is 0 Å². The molecule has 0 bridgehead atoms. The summed E-state index contributed by atoms with van der Waals surface area (Å²) in [7, 11) is 1.75. The molecule has 0 N–H and O–H groups in total. The molecule has 0 spiro atoms. The Morgan fingerprint density at radius 3 is 2.75 bits per heavy atom. The summed E-state index contributed by atoms with van der Waals surface area (Å²) in [5.41, 5.74) is 1.82. The summed E-state index contributed by atoms with van der Waals surface area (Å²) in [5, 5.41) is 1.66. The van der Waals surface area contributed by atoms with Crippen molar-refractivity contribution in [1.29, 1.82) is 0 Å². The Balaban J connectivity index is 2.84. The number of aromatic nitrogens is 1. The molecule has 16 heavy (non-hydrogen) atoms. The molecule has 1 heterocycles. The number of halogens is 2. The van der Waals surface area contributed by atoms with Crippen LogP contribution in [0.25, 0.3) is 10.9 Å². The first-order chi connectivity index (χ1) is 7.63. The van der Waals surface area contributed by atoms with Crippen LogP contribution in [-0.4, -0.2) is 10.4 Å². The summed E-state index contributed by atoms with van der Waals surface area (Å²) in [6, 6.07) is 7.14. The molecule has 0 unspecified atom stereocenters. The maximum absolute atomic E-state index is 11.7. The molecule has 0 aliphatic carbocycles. The quantitative estimate of drug-likeness (QED) is 0.757. The highest BCUT2D eigenvalue weighted by Gasteiger charge is 2.06. The smallest absolute Gasteiger partial charge is 0.251 e. The van der Waals surface area contributed by atoms with E-state index < -0.39 is 0 Å². The number of rotatable bonds is 2. The average molecular weight is 256 g/mol. The lowest BCUT2D eigenvalue weighted by Crippen LogP contribution is -2.17. The lowest BCUT2D eigenvalue weighted by Gasteiger charge is -2.09. The molecule has 0 saturated carbocycles. The topological polar surface area (TPSA) is 22.0 Å². The van der Waals surface area contributed by atoms with Gasteiger partial charge in [-0.15, -0.1) is 11.6 Å². The number of hydrogen-bond donors (Lipinski definition) is 0. The van der Waals surface area contributed by atoms with Crippen molar-refractivity contribution in [3.8, 4) is 0 Å². The number of hydrogen-bond acceptors (Lipinski definition) is 1. The van der Waals surface area contributed by atoms with Gasteiger partial charge in [0.15, 0.2) is 0 Å². The second kappa shape index (κ2) is 4.48. The second-order valence-corrected chi connectivity index (χ2v) is 4.48. The maximum Gasteiger partial charge on any atom is 0.251 e. The van der Waals surface area contributed by atoms with Crippen molar-refractivity contribution in [3.63, 3.8) is 0 Å². The van der Waals surface area contributed by atoms with Gasteiger partial charge in [-0.1, -0.05) is 11.6 Å². The van der Waals surface area contributed by atoms with Crippen molar-refractivity contribution >= 4 is 34.1 Å². The van der Waals surface area contributed by atoms with Gasteiger partial charge in [0.2, 0.25) is 0 Å². The van der Waals surface area contributed by atoms with Gasteiger partial charge in [-0.3, -0.25) is 4.79 Å². The molecule has 2 rings (SSSR count). The van der Waals surface area contributed by atoms with Crippen molar-refractivity contribution in [3.05, 3.63) is 45.2 Å². The number of alkyl halides is 1. The third kappa shape index (κ3) is 1.95. The summed E-state index contributed by atoms with van der Waals surface area (Å²) < 4.78 is 1.61. The molecule has 0 aliphatic rings. The van der Waals surface area contributed by atoms with E-state index in [9.17, 15) is 4.79 Å². The molecule has 4 heteroatoms. The molecule has 0 saturated heterocycles. The highest BCUT2D eigenvalue weighted by molar-refractivity contribution is 6.31. The summed E-state index contributed by atoms with van der Waals surface area (Å²) in [6.45, 7) is 0. The molecule has 2 aromatic rings. The fourth-order valence-electron chi connectivity index (χ4n) is 1.81. The summed E-state index contributed by atoms with van der Waals surface area (Å²) in [6.07, 6.45) is 0.675. The van der Waals surface area contributed by atoms with Gasteiger partial charge < -0.3 is 4.57 Å². The molecule has 0 amide bonds. The van der Waals surface area contributed by atoms with Gasteiger partial charge in [-0.05, 0) is 30.2 Å². The van der Waals surface area contributed by atoms with Crippen LogP contribution in [0.1, 0.15) is 5.56 Å². The van der Waals surface area contributed by atoms with Crippen LogP contribution in [0, 0.1) is 0 Å². The second-order valence-electron chi connectivity index (χ2n) is 3.67. The van der Waals surface area contributed by atoms with Gasteiger partial charge in [0.1, 0.15) is 0 Å². The highest BCUT2D eigenvalue weighted by Crippen LogP contribution is 2.21. The number of benzene rings is 1. The largest absolute Gasteiger partial charge is 0.311 e. The van der Waals surface area contributed by atoms with Crippen LogP contribution in [-0.2, 0) is 13.5 Å². The van der Waals surface area contributed by atoms with E-state index in [-0.39, 0.29) is 5.56 Å². The zero-order valence-electron chi connectivity index (χ0n) is 8.84. The molecule has 1 aromatic heterocycles. The third-order valence-electron chi connectivity index (χ3n) is 2.66. The van der Waals surface area contributed by atoms with Gasteiger partial charge >= 0.3 is 0 Å². The predicted molar refractivity (Wildman–Crippen MR) is 68.6 cm³/mol.